The number of carboxylic acids is 2. The zero-order chi connectivity index (χ0) is 12.6. The Morgan fingerprint density at radius 1 is 1.33 bits per heavy atom. The average molecular weight is 298 g/mol. The molecule has 0 heterocycles. The van der Waals surface area contributed by atoms with Crippen molar-refractivity contribution in [3.63, 3.8) is 0 Å². The van der Waals surface area contributed by atoms with E-state index in [2.05, 4.69) is 19.6 Å². The van der Waals surface area contributed by atoms with E-state index >= 15 is 0 Å². The second-order valence-electron chi connectivity index (χ2n) is 2.92. The SMILES string of the molecule is CCC[SH2+].O=C([O-])c1cccc(C(=O)O)c1.[K+].[OH-]. The Kier molecular flexibility index (Phi) is 17.5. The number of rotatable bonds is 3. The number of hydrogen-bond donors (Lipinski definition) is 1. The third-order valence-electron chi connectivity index (χ3n) is 1.60. The Morgan fingerprint density at radius 2 is 1.78 bits per heavy atom. The molecule has 0 aliphatic heterocycles. The topological polar surface area (TPSA) is 107 Å². The molecule has 1 aromatic rings. The van der Waals surface area contributed by atoms with Crippen molar-refractivity contribution in [2.75, 3.05) is 5.75 Å². The molecule has 96 valence electrons. The molecule has 0 amide bonds. The molecule has 0 unspecified atom stereocenters. The number of carbonyl (C=O) groups is 2. The molecule has 1 aromatic carbocycles. The minimum Gasteiger partial charge on any atom is -0.870 e. The first-order chi connectivity index (χ1) is 7.52. The van der Waals surface area contributed by atoms with Crippen LogP contribution in [0.2, 0.25) is 0 Å². The van der Waals surface area contributed by atoms with Gasteiger partial charge in [0.15, 0.2) is 0 Å². The van der Waals surface area contributed by atoms with Crippen LogP contribution in [0.25, 0.3) is 0 Å². The molecular weight excluding hydrogens is 283 g/mol. The molecule has 0 bridgehead atoms. The largest absolute Gasteiger partial charge is 1.00 e. The number of carbonyl (C=O) groups excluding carboxylic acids is 1. The summed E-state index contributed by atoms with van der Waals surface area (Å²) in [5.41, 5.74) is -0.188. The van der Waals surface area contributed by atoms with Crippen molar-refractivity contribution >= 4 is 24.6 Å². The number of carboxylic acid groups (broad SMARTS) is 2. The molecule has 0 aliphatic carbocycles. The van der Waals surface area contributed by atoms with Gasteiger partial charge in [-0.1, -0.05) is 19.1 Å². The van der Waals surface area contributed by atoms with Crippen LogP contribution in [-0.2, 0) is 12.6 Å². The van der Waals surface area contributed by atoms with E-state index in [9.17, 15) is 14.7 Å². The Hall–Kier alpha value is 0.106. The van der Waals surface area contributed by atoms with E-state index in [0.717, 1.165) is 11.8 Å². The number of hydrogen-bond acceptors (Lipinski definition) is 4. The standard InChI is InChI=1S/C8H6O4.C3H8S.K.H2O/c9-7(10)5-2-1-3-6(4-5)8(11)12;1-2-3-4;;/h1-4H,(H,9,10)(H,11,12);4H,2-3H2,1H3;;1H2/q;;+1;/p-1. The fourth-order valence-corrected chi connectivity index (χ4v) is 0.779. The zero-order valence-electron chi connectivity index (χ0n) is 10.3. The van der Waals surface area contributed by atoms with Gasteiger partial charge in [-0.15, -0.1) is 0 Å². The fourth-order valence-electron chi connectivity index (χ4n) is 0.779. The van der Waals surface area contributed by atoms with Crippen molar-refractivity contribution in [3.8, 4) is 0 Å². The molecule has 0 spiro atoms. The molecule has 18 heavy (non-hydrogen) atoms. The fraction of sp³-hybridized carbons (Fsp3) is 0.273. The molecule has 0 fully saturated rings. The third-order valence-corrected chi connectivity index (χ3v) is 2.10. The van der Waals surface area contributed by atoms with Crippen LogP contribution in [-0.4, -0.2) is 28.3 Å². The van der Waals surface area contributed by atoms with Gasteiger partial charge in [0.25, 0.3) is 0 Å². The summed E-state index contributed by atoms with van der Waals surface area (Å²) in [5, 5.41) is 18.7. The molecule has 0 atom stereocenters. The van der Waals surface area contributed by atoms with Gasteiger partial charge in [0, 0.05) is 0 Å². The summed E-state index contributed by atoms with van der Waals surface area (Å²) in [4.78, 5) is 20.6. The average Bonchev–Trinajstić information content (AvgIpc) is 2.29. The Morgan fingerprint density at radius 3 is 2.11 bits per heavy atom. The van der Waals surface area contributed by atoms with Crippen LogP contribution < -0.4 is 56.5 Å². The van der Waals surface area contributed by atoms with E-state index in [1.807, 2.05) is 0 Å². The molecule has 5 nitrogen and oxygen atoms in total. The van der Waals surface area contributed by atoms with Crippen LogP contribution in [0.4, 0.5) is 0 Å². The molecule has 0 aliphatic rings. The van der Waals surface area contributed by atoms with Crippen LogP contribution in [0.3, 0.4) is 0 Å². The monoisotopic (exact) mass is 298 g/mol. The van der Waals surface area contributed by atoms with E-state index in [4.69, 9.17) is 5.11 Å². The summed E-state index contributed by atoms with van der Waals surface area (Å²) >= 11 is 3.29. The summed E-state index contributed by atoms with van der Waals surface area (Å²) in [6.45, 7) is 2.13. The molecule has 0 saturated heterocycles. The summed E-state index contributed by atoms with van der Waals surface area (Å²) < 4.78 is 0. The zero-order valence-corrected chi connectivity index (χ0v) is 14.5. The van der Waals surface area contributed by atoms with Gasteiger partial charge < -0.3 is 20.5 Å². The summed E-state index contributed by atoms with van der Waals surface area (Å²) in [5.74, 6) is -1.41. The maximum absolute atomic E-state index is 10.4. The molecule has 0 radical (unpaired) electrons. The van der Waals surface area contributed by atoms with Crippen LogP contribution in [0, 0.1) is 0 Å². The summed E-state index contributed by atoms with van der Waals surface area (Å²) in [7, 11) is 0. The first-order valence-corrected chi connectivity index (χ1v) is 5.43. The summed E-state index contributed by atoms with van der Waals surface area (Å²) in [6.07, 6.45) is 1.23. The van der Waals surface area contributed by atoms with Crippen LogP contribution in [0.1, 0.15) is 34.1 Å². The van der Waals surface area contributed by atoms with Crippen molar-refractivity contribution in [2.24, 2.45) is 0 Å². The molecule has 7 heteroatoms. The van der Waals surface area contributed by atoms with Crippen LogP contribution in [0.15, 0.2) is 24.3 Å². The second kappa shape index (κ2) is 13.5. The normalized spacial score (nSPS) is 7.89. The first-order valence-electron chi connectivity index (χ1n) is 4.72. The van der Waals surface area contributed by atoms with Gasteiger partial charge in [0.05, 0.1) is 11.5 Å². The van der Waals surface area contributed by atoms with Crippen molar-refractivity contribution < 1.29 is 76.7 Å². The Balaban J connectivity index is -0.000000332. The van der Waals surface area contributed by atoms with Gasteiger partial charge in [-0.05, 0) is 36.7 Å². The van der Waals surface area contributed by atoms with Crippen molar-refractivity contribution in [1.82, 2.24) is 0 Å². The maximum atomic E-state index is 10.4. The Bertz CT molecular complexity index is 339. The molecule has 2 N–H and O–H groups in total. The quantitative estimate of drug-likeness (QED) is 0.472. The molecular formula is C11H15KO5S. The van der Waals surface area contributed by atoms with Crippen molar-refractivity contribution in [3.05, 3.63) is 35.4 Å². The first kappa shape index (κ1) is 23.2. The van der Waals surface area contributed by atoms with Gasteiger partial charge in [-0.25, -0.2) is 4.79 Å². The molecule has 0 aromatic heterocycles. The maximum Gasteiger partial charge on any atom is 1.00 e. The Labute approximate surface area is 154 Å². The van der Waals surface area contributed by atoms with Gasteiger partial charge >= 0.3 is 57.4 Å². The van der Waals surface area contributed by atoms with Crippen molar-refractivity contribution in [1.29, 1.82) is 0 Å². The van der Waals surface area contributed by atoms with Gasteiger partial charge in [0.1, 0.15) is 5.75 Å². The van der Waals surface area contributed by atoms with Gasteiger partial charge in [-0.3, -0.25) is 0 Å². The van der Waals surface area contributed by atoms with E-state index in [1.54, 1.807) is 0 Å². The molecule has 1 rings (SSSR count). The smallest absolute Gasteiger partial charge is 0.870 e. The van der Waals surface area contributed by atoms with Crippen molar-refractivity contribution in [2.45, 2.75) is 13.3 Å². The van der Waals surface area contributed by atoms with E-state index in [0.29, 0.717) is 0 Å². The predicted octanol–water partition coefficient (Wildman–Crippen LogP) is -3.02. The molecule has 0 saturated carbocycles. The number of benzene rings is 1. The van der Waals surface area contributed by atoms with E-state index < -0.39 is 11.9 Å². The third kappa shape index (κ3) is 10.1. The minimum atomic E-state index is -1.38. The van der Waals surface area contributed by atoms with Crippen LogP contribution in [0.5, 0.6) is 0 Å². The van der Waals surface area contributed by atoms with Gasteiger partial charge in [-0.2, -0.15) is 0 Å². The van der Waals surface area contributed by atoms with Crippen LogP contribution >= 0.6 is 0 Å². The second-order valence-corrected chi connectivity index (χ2v) is 3.42. The summed E-state index contributed by atoms with van der Waals surface area (Å²) in [6, 6.07) is 5.00. The minimum absolute atomic E-state index is 0. The number of aromatic carboxylic acids is 2. The van der Waals surface area contributed by atoms with E-state index in [1.165, 1.54) is 24.6 Å². The van der Waals surface area contributed by atoms with Gasteiger partial charge in [0.2, 0.25) is 0 Å². The predicted molar refractivity (Wildman–Crippen MR) is 65.0 cm³/mol. The van der Waals surface area contributed by atoms with E-state index in [-0.39, 0.29) is 68.0 Å².